The van der Waals surface area contributed by atoms with Crippen LogP contribution in [0.4, 0.5) is 10.7 Å². The first kappa shape index (κ1) is 20.2. The van der Waals surface area contributed by atoms with Crippen molar-refractivity contribution in [2.24, 2.45) is 4.99 Å². The van der Waals surface area contributed by atoms with Gasteiger partial charge in [0.2, 0.25) is 11.9 Å². The Balaban J connectivity index is 1.53. The van der Waals surface area contributed by atoms with Crippen LogP contribution in [0.15, 0.2) is 29.3 Å². The number of hydrogen-bond donors (Lipinski definition) is 0. The molecule has 5 rings (SSSR count). The zero-order valence-corrected chi connectivity index (χ0v) is 18.6. The molecule has 8 nitrogen and oxygen atoms in total. The average molecular weight is 443 g/mol. The molecule has 1 aromatic carbocycles. The Bertz CT molecular complexity index is 1120. The molecule has 2 fully saturated rings. The molecule has 3 aliphatic rings. The van der Waals surface area contributed by atoms with E-state index in [-0.39, 0.29) is 18.6 Å². The number of likely N-dealkylation sites (N-methyl/N-ethyl adjacent to an activating group) is 1. The monoisotopic (exact) mass is 442 g/mol. The molecular weight excluding hydrogens is 418 g/mol. The van der Waals surface area contributed by atoms with Crippen molar-refractivity contribution >= 4 is 35.3 Å². The van der Waals surface area contributed by atoms with Crippen molar-refractivity contribution in [3.05, 3.63) is 46.2 Å². The fourth-order valence-electron chi connectivity index (χ4n) is 4.66. The number of hydrogen-bond acceptors (Lipinski definition) is 4. The third-order valence-corrected chi connectivity index (χ3v) is 6.89. The summed E-state index contributed by atoms with van der Waals surface area (Å²) in [5.41, 5.74) is 2.75. The van der Waals surface area contributed by atoms with Gasteiger partial charge in [0.15, 0.2) is 0 Å². The van der Waals surface area contributed by atoms with Gasteiger partial charge in [0, 0.05) is 18.7 Å². The maximum Gasteiger partial charge on any atom is 0.402 e. The number of rotatable bonds is 4. The molecule has 4 heterocycles. The van der Waals surface area contributed by atoms with Crippen LogP contribution in [0.3, 0.4) is 0 Å². The molecule has 0 bridgehead atoms. The molecule has 1 aromatic heterocycles. The number of urea groups is 1. The number of fused-ring (bicyclic) bond motifs is 3. The number of benzene rings is 1. The first-order valence-electron chi connectivity index (χ1n) is 10.5. The number of amides is 3. The summed E-state index contributed by atoms with van der Waals surface area (Å²) in [5, 5.41) is 0.528. The molecule has 3 aliphatic heterocycles. The Morgan fingerprint density at radius 1 is 1.26 bits per heavy atom. The summed E-state index contributed by atoms with van der Waals surface area (Å²) in [7, 11) is 1.67. The molecule has 0 aliphatic carbocycles. The lowest BCUT2D eigenvalue weighted by atomic mass is 10.1. The fourth-order valence-corrected chi connectivity index (χ4v) is 4.85. The molecule has 0 N–H and O–H groups in total. The lowest BCUT2D eigenvalue weighted by Crippen LogP contribution is -2.57. The van der Waals surface area contributed by atoms with Crippen molar-refractivity contribution in [1.29, 1.82) is 0 Å². The van der Waals surface area contributed by atoms with E-state index in [2.05, 4.69) is 4.57 Å². The number of nitrogens with zero attached hydrogens (tertiary/aromatic N) is 5. The van der Waals surface area contributed by atoms with Crippen molar-refractivity contribution in [3.63, 3.8) is 0 Å². The molecular formula is C22H25ClN5O3+. The Labute approximate surface area is 185 Å². The number of aliphatic imine (C=N–C) groups is 1. The molecule has 2 aromatic rings. The normalized spacial score (nSPS) is 22.8. The third kappa shape index (κ3) is 3.08. The van der Waals surface area contributed by atoms with Crippen molar-refractivity contribution in [2.75, 3.05) is 13.7 Å². The molecule has 9 heteroatoms. The largest absolute Gasteiger partial charge is 0.402 e. The lowest BCUT2D eigenvalue weighted by Gasteiger charge is -2.33. The van der Waals surface area contributed by atoms with Gasteiger partial charge in [0.1, 0.15) is 11.4 Å². The van der Waals surface area contributed by atoms with Crippen LogP contribution in [0.2, 0.25) is 5.02 Å². The first-order chi connectivity index (χ1) is 14.9. The minimum absolute atomic E-state index is 0.121. The Kier molecular flexibility index (Phi) is 4.86. The molecule has 3 amide bonds. The summed E-state index contributed by atoms with van der Waals surface area (Å²) in [4.78, 5) is 34.1. The van der Waals surface area contributed by atoms with E-state index in [0.717, 1.165) is 36.4 Å². The third-order valence-electron chi connectivity index (χ3n) is 6.52. The van der Waals surface area contributed by atoms with E-state index < -0.39 is 12.1 Å². The van der Waals surface area contributed by atoms with Gasteiger partial charge in [-0.2, -0.15) is 0 Å². The number of imide groups is 1. The number of aromatic nitrogens is 2. The van der Waals surface area contributed by atoms with Crippen molar-refractivity contribution in [2.45, 2.75) is 51.9 Å². The van der Waals surface area contributed by atoms with Gasteiger partial charge in [-0.15, -0.1) is 0 Å². The van der Waals surface area contributed by atoms with Crippen molar-refractivity contribution in [3.8, 4) is 0 Å². The summed E-state index contributed by atoms with van der Waals surface area (Å²) in [6, 6.07) is 6.19. The summed E-state index contributed by atoms with van der Waals surface area (Å²) in [6.45, 7) is 5.62. The molecule has 0 radical (unpaired) electrons. The number of amidine groups is 1. The Morgan fingerprint density at radius 3 is 2.74 bits per heavy atom. The lowest BCUT2D eigenvalue weighted by molar-refractivity contribution is -0.695. The van der Waals surface area contributed by atoms with Crippen LogP contribution in [-0.2, 0) is 22.6 Å². The maximum absolute atomic E-state index is 13.6. The van der Waals surface area contributed by atoms with Gasteiger partial charge in [0.25, 0.3) is 5.91 Å². The number of imidazole rings is 1. The van der Waals surface area contributed by atoms with Gasteiger partial charge in [-0.25, -0.2) is 13.9 Å². The fraction of sp³-hybridized carbons (Fsp3) is 0.455. The van der Waals surface area contributed by atoms with Gasteiger partial charge in [0.05, 0.1) is 19.2 Å². The second-order valence-corrected chi connectivity index (χ2v) is 8.72. The second-order valence-electron chi connectivity index (χ2n) is 8.32. The molecule has 2 atom stereocenters. The van der Waals surface area contributed by atoms with Gasteiger partial charge in [-0.05, 0) is 38.3 Å². The van der Waals surface area contributed by atoms with Gasteiger partial charge < -0.3 is 4.74 Å². The van der Waals surface area contributed by atoms with Crippen LogP contribution in [0, 0.1) is 13.8 Å². The van der Waals surface area contributed by atoms with Gasteiger partial charge >= 0.3 is 12.0 Å². The predicted molar refractivity (Wildman–Crippen MR) is 114 cm³/mol. The van der Waals surface area contributed by atoms with Crippen LogP contribution >= 0.6 is 11.6 Å². The minimum Gasteiger partial charge on any atom is -0.375 e. The summed E-state index contributed by atoms with van der Waals surface area (Å²) in [5.74, 6) is 0.866. The van der Waals surface area contributed by atoms with Crippen LogP contribution < -0.4 is 4.57 Å². The smallest absolute Gasteiger partial charge is 0.375 e. The van der Waals surface area contributed by atoms with E-state index in [1.165, 1.54) is 9.80 Å². The van der Waals surface area contributed by atoms with Crippen LogP contribution in [0.5, 0.6) is 0 Å². The van der Waals surface area contributed by atoms with Crippen molar-refractivity contribution in [1.82, 2.24) is 14.4 Å². The molecule has 0 saturated carbocycles. The standard InChI is InChI=1S/C22H25ClN5O3/c1-13-14(2)28-18-19(24-21(28)26(13)12-16-8-6-10-31-16)25(3)22(30)27(20(18)29)11-15-7-4-5-9-17(15)23/h4-5,7,9,16,18H,6,8,10-12H2,1-3H3/q+1. The second kappa shape index (κ2) is 7.46. The van der Waals surface area contributed by atoms with E-state index in [4.69, 9.17) is 21.3 Å². The SMILES string of the molecule is Cc1c(C)[n+](CC2CCCO2)c2n1C1C(=O)N(Cc3ccccc3Cl)C(=O)N(C)C1=N2. The summed E-state index contributed by atoms with van der Waals surface area (Å²) >= 11 is 6.29. The zero-order valence-electron chi connectivity index (χ0n) is 17.8. The van der Waals surface area contributed by atoms with E-state index in [0.29, 0.717) is 23.4 Å². The Hall–Kier alpha value is -2.71. The van der Waals surface area contributed by atoms with Crippen LogP contribution in [0.25, 0.3) is 0 Å². The minimum atomic E-state index is -0.662. The molecule has 162 valence electrons. The molecule has 0 spiro atoms. The highest BCUT2D eigenvalue weighted by Crippen LogP contribution is 2.36. The van der Waals surface area contributed by atoms with E-state index in [9.17, 15) is 9.59 Å². The number of carbonyl (C=O) groups excluding carboxylic acids is 2. The highest BCUT2D eigenvalue weighted by molar-refractivity contribution is 6.31. The van der Waals surface area contributed by atoms with E-state index in [1.54, 1.807) is 13.1 Å². The van der Waals surface area contributed by atoms with Crippen molar-refractivity contribution < 1.29 is 18.9 Å². The number of carbonyl (C=O) groups is 2. The Morgan fingerprint density at radius 2 is 2.03 bits per heavy atom. The molecule has 2 saturated heterocycles. The first-order valence-corrected chi connectivity index (χ1v) is 10.9. The predicted octanol–water partition coefficient (Wildman–Crippen LogP) is 2.90. The number of halogens is 1. The molecule has 31 heavy (non-hydrogen) atoms. The number of ether oxygens (including phenoxy) is 1. The topological polar surface area (TPSA) is 71.0 Å². The zero-order chi connectivity index (χ0) is 21.9. The average Bonchev–Trinajstić information content (AvgIpc) is 3.46. The van der Waals surface area contributed by atoms with Crippen LogP contribution in [-0.4, -0.2) is 51.9 Å². The molecule has 2 unspecified atom stereocenters. The van der Waals surface area contributed by atoms with E-state index in [1.807, 2.05) is 36.6 Å². The quantitative estimate of drug-likeness (QED) is 0.683. The van der Waals surface area contributed by atoms with E-state index >= 15 is 0 Å². The summed E-state index contributed by atoms with van der Waals surface area (Å²) < 4.78 is 9.88. The summed E-state index contributed by atoms with van der Waals surface area (Å²) in [6.07, 6.45) is 2.21. The maximum atomic E-state index is 13.6. The highest BCUT2D eigenvalue weighted by Gasteiger charge is 2.54. The van der Waals surface area contributed by atoms with Gasteiger partial charge in [-0.3, -0.25) is 14.6 Å². The van der Waals surface area contributed by atoms with Crippen LogP contribution in [0.1, 0.15) is 35.8 Å². The van der Waals surface area contributed by atoms with Gasteiger partial charge in [-0.1, -0.05) is 34.8 Å². The highest BCUT2D eigenvalue weighted by atomic mass is 35.5.